The number of urea groups is 1. The maximum absolute atomic E-state index is 13.1. The number of fused-ring (bicyclic) bond motifs is 1. The van der Waals surface area contributed by atoms with Crippen molar-refractivity contribution in [2.75, 3.05) is 0 Å². The van der Waals surface area contributed by atoms with E-state index in [-0.39, 0.29) is 0 Å². The van der Waals surface area contributed by atoms with Crippen LogP contribution in [-0.2, 0) is 16.9 Å². The summed E-state index contributed by atoms with van der Waals surface area (Å²) in [5, 5.41) is 8.93. The summed E-state index contributed by atoms with van der Waals surface area (Å²) >= 11 is 1.28. The van der Waals surface area contributed by atoms with Crippen LogP contribution in [0.1, 0.15) is 39.0 Å². The fraction of sp³-hybridized carbons (Fsp3) is 0.200. The highest BCUT2D eigenvalue weighted by Gasteiger charge is 2.50. The maximum atomic E-state index is 13.1. The van der Waals surface area contributed by atoms with Crippen LogP contribution in [0.3, 0.4) is 0 Å². The molecule has 0 saturated carbocycles. The van der Waals surface area contributed by atoms with E-state index < -0.39 is 23.4 Å². The molecular formula is C25H23N5O3S. The Bertz CT molecular complexity index is 1420. The summed E-state index contributed by atoms with van der Waals surface area (Å²) in [5.41, 5.74) is 4.96. The van der Waals surface area contributed by atoms with Crippen molar-refractivity contribution in [3.63, 3.8) is 0 Å². The van der Waals surface area contributed by atoms with Crippen LogP contribution in [0, 0.1) is 13.8 Å². The van der Waals surface area contributed by atoms with Gasteiger partial charge < -0.3 is 5.32 Å². The van der Waals surface area contributed by atoms with Gasteiger partial charge in [0.1, 0.15) is 10.4 Å². The first-order valence-electron chi connectivity index (χ1n) is 10.8. The summed E-state index contributed by atoms with van der Waals surface area (Å²) in [6, 6.07) is 18.2. The molecule has 0 aliphatic carbocycles. The molecule has 3 heterocycles. The van der Waals surface area contributed by atoms with E-state index >= 15 is 0 Å². The van der Waals surface area contributed by atoms with Gasteiger partial charge in [-0.05, 0) is 38.0 Å². The first-order valence-corrected chi connectivity index (χ1v) is 11.6. The number of thiophene rings is 1. The second-order valence-corrected chi connectivity index (χ2v) is 9.59. The van der Waals surface area contributed by atoms with E-state index in [9.17, 15) is 14.4 Å². The van der Waals surface area contributed by atoms with Crippen molar-refractivity contribution in [2.45, 2.75) is 32.9 Å². The largest absolute Gasteiger partial charge is 0.344 e. The van der Waals surface area contributed by atoms with E-state index in [2.05, 4.69) is 40.1 Å². The zero-order valence-electron chi connectivity index (χ0n) is 19.0. The van der Waals surface area contributed by atoms with Gasteiger partial charge >= 0.3 is 6.03 Å². The molecule has 4 amide bonds. The lowest BCUT2D eigenvalue weighted by molar-refractivity contribution is -0.132. The molecule has 0 bridgehead atoms. The van der Waals surface area contributed by atoms with Crippen molar-refractivity contribution < 1.29 is 14.4 Å². The van der Waals surface area contributed by atoms with Crippen molar-refractivity contribution >= 4 is 39.4 Å². The van der Waals surface area contributed by atoms with E-state index in [4.69, 9.17) is 0 Å². The van der Waals surface area contributed by atoms with Gasteiger partial charge in [-0.25, -0.2) is 4.79 Å². The Morgan fingerprint density at radius 2 is 1.79 bits per heavy atom. The minimum atomic E-state index is -1.25. The quantitative estimate of drug-likeness (QED) is 0.430. The van der Waals surface area contributed by atoms with E-state index in [0.717, 1.165) is 26.5 Å². The molecule has 1 unspecified atom stereocenters. The Morgan fingerprint density at radius 1 is 1.09 bits per heavy atom. The molecular weight excluding hydrogens is 450 g/mol. The van der Waals surface area contributed by atoms with Crippen molar-refractivity contribution in [3.05, 3.63) is 87.9 Å². The molecule has 2 aromatic carbocycles. The predicted molar refractivity (Wildman–Crippen MR) is 129 cm³/mol. The minimum Gasteiger partial charge on any atom is -0.318 e. The van der Waals surface area contributed by atoms with Crippen LogP contribution < -0.4 is 10.7 Å². The first kappa shape index (κ1) is 21.8. The fourth-order valence-corrected chi connectivity index (χ4v) is 5.11. The molecule has 1 saturated heterocycles. The van der Waals surface area contributed by atoms with Gasteiger partial charge in [0, 0.05) is 5.39 Å². The summed E-state index contributed by atoms with van der Waals surface area (Å²) < 4.78 is 1.87. The molecule has 1 fully saturated rings. The highest BCUT2D eigenvalue weighted by atomic mass is 32.1. The zero-order valence-corrected chi connectivity index (χ0v) is 19.8. The summed E-state index contributed by atoms with van der Waals surface area (Å²) in [4.78, 5) is 39.9. The topological polar surface area (TPSA) is 96.3 Å². The summed E-state index contributed by atoms with van der Waals surface area (Å²) in [7, 11) is 0. The molecule has 4 aromatic rings. The summed E-state index contributed by atoms with van der Waals surface area (Å²) in [6.07, 6.45) is 0. The molecule has 1 aliphatic rings. The van der Waals surface area contributed by atoms with Crippen LogP contribution in [0.15, 0.2) is 60.7 Å². The van der Waals surface area contributed by atoms with Gasteiger partial charge in [0.25, 0.3) is 11.8 Å². The third kappa shape index (κ3) is 3.63. The number of carbonyl (C=O) groups is 3. The van der Waals surface area contributed by atoms with Crippen LogP contribution in [-0.4, -0.2) is 32.6 Å². The number of carbonyl (C=O) groups excluding carboxylic acids is 3. The molecule has 1 atom stereocenters. The van der Waals surface area contributed by atoms with E-state index in [1.165, 1.54) is 16.9 Å². The van der Waals surface area contributed by atoms with Gasteiger partial charge in [0.05, 0.1) is 17.1 Å². The van der Waals surface area contributed by atoms with Gasteiger partial charge in [0.2, 0.25) is 0 Å². The van der Waals surface area contributed by atoms with Crippen LogP contribution in [0.4, 0.5) is 4.79 Å². The number of hydrazine groups is 1. The normalized spacial score (nSPS) is 17.9. The number of nitrogens with one attached hydrogen (secondary N) is 2. The molecule has 8 nitrogen and oxygen atoms in total. The molecule has 1 aliphatic heterocycles. The van der Waals surface area contributed by atoms with Crippen molar-refractivity contribution in [1.29, 1.82) is 0 Å². The number of amides is 4. The first-order chi connectivity index (χ1) is 16.3. The lowest BCUT2D eigenvalue weighted by Gasteiger charge is -2.21. The number of imide groups is 1. The van der Waals surface area contributed by atoms with Gasteiger partial charge in [0.15, 0.2) is 0 Å². The van der Waals surface area contributed by atoms with Crippen molar-refractivity contribution in [3.8, 4) is 0 Å². The number of aryl methyl sites for hydroxylation is 2. The fourth-order valence-electron chi connectivity index (χ4n) is 4.06. The van der Waals surface area contributed by atoms with E-state index in [1.807, 2.05) is 24.6 Å². The Balaban J connectivity index is 1.38. The highest BCUT2D eigenvalue weighted by Crippen LogP contribution is 2.30. The summed E-state index contributed by atoms with van der Waals surface area (Å²) in [6.45, 7) is 6.13. The lowest BCUT2D eigenvalue weighted by atomic mass is 9.92. The Hall–Kier alpha value is -3.98. The maximum Gasteiger partial charge on any atom is 0.344 e. The number of aromatic nitrogens is 2. The predicted octanol–water partition coefficient (Wildman–Crippen LogP) is 3.87. The molecule has 2 N–H and O–H groups in total. The Kier molecular flexibility index (Phi) is 5.21. The van der Waals surface area contributed by atoms with E-state index in [1.54, 1.807) is 37.3 Å². The van der Waals surface area contributed by atoms with Crippen LogP contribution >= 0.6 is 11.3 Å². The van der Waals surface area contributed by atoms with Crippen LogP contribution in [0.2, 0.25) is 0 Å². The van der Waals surface area contributed by atoms with Crippen LogP contribution in [0.5, 0.6) is 0 Å². The van der Waals surface area contributed by atoms with Crippen LogP contribution in [0.25, 0.3) is 10.2 Å². The highest BCUT2D eigenvalue weighted by molar-refractivity contribution is 7.20. The number of benzene rings is 2. The molecule has 0 spiro atoms. The van der Waals surface area contributed by atoms with Gasteiger partial charge in [-0.1, -0.05) is 60.2 Å². The second-order valence-electron chi connectivity index (χ2n) is 8.56. The standard InChI is InChI=1S/C25H23N5O3S/c1-15-9-11-17(12-10-15)14-29-22-19(16(2)27-29)13-20(34-22)21(31)28-30-23(32)25(3,26-24(30)33)18-7-5-4-6-8-18/h4-13H,14H2,1-3H3,(H,26,33)(H,28,31). The SMILES string of the molecule is Cc1ccc(Cn2nc(C)c3cc(C(=O)NN4C(=O)NC(C)(c5ccccc5)C4=O)sc32)cc1. The zero-order chi connectivity index (χ0) is 24.0. The van der Waals surface area contributed by atoms with Crippen molar-refractivity contribution in [2.24, 2.45) is 0 Å². The smallest absolute Gasteiger partial charge is 0.318 e. The molecule has 34 heavy (non-hydrogen) atoms. The van der Waals surface area contributed by atoms with Gasteiger partial charge in [-0.15, -0.1) is 11.3 Å². The van der Waals surface area contributed by atoms with E-state index in [0.29, 0.717) is 17.0 Å². The molecule has 172 valence electrons. The number of hydrogen-bond donors (Lipinski definition) is 2. The van der Waals surface area contributed by atoms with Crippen molar-refractivity contribution in [1.82, 2.24) is 25.5 Å². The summed E-state index contributed by atoms with van der Waals surface area (Å²) in [5.74, 6) is -1.07. The lowest BCUT2D eigenvalue weighted by Crippen LogP contribution is -2.47. The Morgan fingerprint density at radius 3 is 2.50 bits per heavy atom. The van der Waals surface area contributed by atoms with Gasteiger partial charge in [-0.3, -0.25) is 19.7 Å². The minimum absolute atomic E-state index is 0.391. The van der Waals surface area contributed by atoms with Gasteiger partial charge in [-0.2, -0.15) is 10.1 Å². The third-order valence-electron chi connectivity index (χ3n) is 6.04. The Labute approximate surface area is 200 Å². The molecule has 9 heteroatoms. The average molecular weight is 474 g/mol. The monoisotopic (exact) mass is 473 g/mol. The molecule has 5 rings (SSSR count). The average Bonchev–Trinajstić information content (AvgIpc) is 3.45. The number of rotatable bonds is 5. The molecule has 0 radical (unpaired) electrons. The molecule has 2 aromatic heterocycles. The number of hydrogen-bond acceptors (Lipinski definition) is 5. The second kappa shape index (κ2) is 8.11. The third-order valence-corrected chi connectivity index (χ3v) is 7.19. The number of nitrogens with zero attached hydrogens (tertiary/aromatic N) is 3.